The highest BCUT2D eigenvalue weighted by molar-refractivity contribution is 6.35. The molecule has 2 nitrogen and oxygen atoms in total. The van der Waals surface area contributed by atoms with Crippen LogP contribution in [-0.2, 0) is 0 Å². The van der Waals surface area contributed by atoms with Crippen LogP contribution in [0.25, 0.3) is 0 Å². The van der Waals surface area contributed by atoms with Gasteiger partial charge in [0, 0.05) is 21.3 Å². The molecule has 0 unspecified atom stereocenters. The minimum Gasteiger partial charge on any atom is -0.356 e. The monoisotopic (exact) mass is 281 g/mol. The summed E-state index contributed by atoms with van der Waals surface area (Å²) in [6.07, 6.45) is 0. The van der Waals surface area contributed by atoms with Gasteiger partial charge in [0.2, 0.25) is 5.78 Å². The number of ketones is 1. The largest absolute Gasteiger partial charge is 0.356 e. The topological polar surface area (TPSA) is 32.9 Å². The molecule has 1 aromatic heterocycles. The summed E-state index contributed by atoms with van der Waals surface area (Å²) >= 11 is 11.8. The van der Waals surface area contributed by atoms with Gasteiger partial charge in [0.05, 0.1) is 5.69 Å². The molecule has 0 amide bonds. The fraction of sp³-hybridized carbons (Fsp3) is 0.214. The van der Waals surface area contributed by atoms with Crippen LogP contribution in [0.3, 0.4) is 0 Å². The Hall–Kier alpha value is -1.25. The van der Waals surface area contributed by atoms with Crippen molar-refractivity contribution in [1.29, 1.82) is 0 Å². The fourth-order valence-electron chi connectivity index (χ4n) is 1.90. The second-order valence-corrected chi connectivity index (χ2v) is 5.24. The van der Waals surface area contributed by atoms with Crippen molar-refractivity contribution >= 4 is 29.0 Å². The highest BCUT2D eigenvalue weighted by atomic mass is 35.5. The molecule has 0 atom stereocenters. The maximum Gasteiger partial charge on any atom is 0.209 e. The van der Waals surface area contributed by atoms with Gasteiger partial charge in [-0.05, 0) is 50.1 Å². The van der Waals surface area contributed by atoms with Gasteiger partial charge in [-0.25, -0.2) is 0 Å². The quantitative estimate of drug-likeness (QED) is 0.809. The first-order valence-electron chi connectivity index (χ1n) is 5.56. The summed E-state index contributed by atoms with van der Waals surface area (Å²) in [5, 5.41) is 0.923. The Morgan fingerprint density at radius 3 is 2.00 bits per heavy atom. The predicted octanol–water partition coefficient (Wildman–Crippen LogP) is 4.48. The van der Waals surface area contributed by atoms with E-state index in [1.54, 1.807) is 18.2 Å². The maximum atomic E-state index is 12.4. The summed E-state index contributed by atoms with van der Waals surface area (Å²) in [5.41, 5.74) is 4.17. The Balaban J connectivity index is 2.51. The molecule has 2 aromatic rings. The number of H-pyrrole nitrogens is 1. The van der Waals surface area contributed by atoms with Crippen molar-refractivity contribution in [2.75, 3.05) is 0 Å². The molecule has 0 spiro atoms. The van der Waals surface area contributed by atoms with E-state index in [0.717, 1.165) is 16.8 Å². The number of carbonyl (C=O) groups excluding carboxylic acids is 1. The number of nitrogens with one attached hydrogen (secondary N) is 1. The molecule has 0 aliphatic heterocycles. The van der Waals surface area contributed by atoms with E-state index in [1.165, 1.54) is 0 Å². The van der Waals surface area contributed by atoms with E-state index >= 15 is 0 Å². The SMILES string of the molecule is Cc1[nH]c(C(=O)c2cc(Cl)cc(Cl)c2)c(C)c1C. The summed E-state index contributed by atoms with van der Waals surface area (Å²) in [6, 6.07) is 4.86. The van der Waals surface area contributed by atoms with Crippen molar-refractivity contribution in [2.24, 2.45) is 0 Å². The zero-order chi connectivity index (χ0) is 13.4. The number of hydrogen-bond acceptors (Lipinski definition) is 1. The average molecular weight is 282 g/mol. The number of carbonyl (C=O) groups is 1. The molecule has 4 heteroatoms. The first-order valence-corrected chi connectivity index (χ1v) is 6.32. The smallest absolute Gasteiger partial charge is 0.209 e. The first kappa shape index (κ1) is 13.2. The number of halogens is 2. The second-order valence-electron chi connectivity index (χ2n) is 4.36. The van der Waals surface area contributed by atoms with Gasteiger partial charge >= 0.3 is 0 Å². The highest BCUT2D eigenvalue weighted by Crippen LogP contribution is 2.24. The first-order chi connectivity index (χ1) is 8.40. The van der Waals surface area contributed by atoms with Crippen LogP contribution in [-0.4, -0.2) is 10.8 Å². The maximum absolute atomic E-state index is 12.4. The number of aryl methyl sites for hydroxylation is 1. The molecule has 1 heterocycles. The van der Waals surface area contributed by atoms with Crippen molar-refractivity contribution in [2.45, 2.75) is 20.8 Å². The molecule has 0 aliphatic rings. The summed E-state index contributed by atoms with van der Waals surface area (Å²) < 4.78 is 0. The minimum absolute atomic E-state index is 0.0897. The molecule has 2 rings (SSSR count). The molecule has 94 valence electrons. The van der Waals surface area contributed by atoms with Gasteiger partial charge in [-0.2, -0.15) is 0 Å². The van der Waals surface area contributed by atoms with E-state index in [2.05, 4.69) is 4.98 Å². The van der Waals surface area contributed by atoms with Gasteiger partial charge in [-0.3, -0.25) is 4.79 Å². The molecule has 1 aromatic carbocycles. The van der Waals surface area contributed by atoms with E-state index in [1.807, 2.05) is 20.8 Å². The molecular formula is C14H13Cl2NO. The van der Waals surface area contributed by atoms with Gasteiger partial charge in [0.25, 0.3) is 0 Å². The standard InChI is InChI=1S/C14H13Cl2NO/c1-7-8(2)13(17-9(7)3)14(18)10-4-11(15)6-12(16)5-10/h4-6,17H,1-3H3. The molecule has 18 heavy (non-hydrogen) atoms. The summed E-state index contributed by atoms with van der Waals surface area (Å²) in [5.74, 6) is -0.0897. The molecule has 0 aliphatic carbocycles. The van der Waals surface area contributed by atoms with Crippen molar-refractivity contribution in [3.63, 3.8) is 0 Å². The molecule has 0 saturated carbocycles. The summed E-state index contributed by atoms with van der Waals surface area (Å²) in [7, 11) is 0. The van der Waals surface area contributed by atoms with Crippen molar-refractivity contribution in [3.05, 3.63) is 56.3 Å². The Morgan fingerprint density at radius 1 is 1.00 bits per heavy atom. The van der Waals surface area contributed by atoms with Gasteiger partial charge in [0.15, 0.2) is 0 Å². The van der Waals surface area contributed by atoms with Gasteiger partial charge in [-0.1, -0.05) is 23.2 Å². The number of benzene rings is 1. The zero-order valence-electron chi connectivity index (χ0n) is 10.4. The summed E-state index contributed by atoms with van der Waals surface area (Å²) in [4.78, 5) is 15.5. The highest BCUT2D eigenvalue weighted by Gasteiger charge is 2.17. The lowest BCUT2D eigenvalue weighted by molar-refractivity contribution is 0.103. The molecule has 0 bridgehead atoms. The van der Waals surface area contributed by atoms with Gasteiger partial charge in [0.1, 0.15) is 0 Å². The van der Waals surface area contributed by atoms with Gasteiger partial charge < -0.3 is 4.98 Å². The molecular weight excluding hydrogens is 269 g/mol. The Labute approximate surface area is 116 Å². The normalized spacial score (nSPS) is 10.7. The lowest BCUT2D eigenvalue weighted by Crippen LogP contribution is -2.04. The van der Waals surface area contributed by atoms with E-state index in [9.17, 15) is 4.79 Å². The number of hydrogen-bond donors (Lipinski definition) is 1. The molecule has 0 fully saturated rings. The van der Waals surface area contributed by atoms with Crippen LogP contribution < -0.4 is 0 Å². The minimum atomic E-state index is -0.0897. The lowest BCUT2D eigenvalue weighted by atomic mass is 10.0. The number of aromatic amines is 1. The van der Waals surface area contributed by atoms with Crippen molar-refractivity contribution in [3.8, 4) is 0 Å². The van der Waals surface area contributed by atoms with Crippen LogP contribution in [0.15, 0.2) is 18.2 Å². The lowest BCUT2D eigenvalue weighted by Gasteiger charge is -2.02. The van der Waals surface area contributed by atoms with Gasteiger partial charge in [-0.15, -0.1) is 0 Å². The third-order valence-corrected chi connectivity index (χ3v) is 3.60. The van der Waals surface area contributed by atoms with Crippen molar-refractivity contribution < 1.29 is 4.79 Å². The number of aromatic nitrogens is 1. The van der Waals surface area contributed by atoms with Crippen LogP contribution in [0.1, 0.15) is 32.9 Å². The van der Waals surface area contributed by atoms with E-state index in [-0.39, 0.29) is 5.78 Å². The van der Waals surface area contributed by atoms with Crippen LogP contribution >= 0.6 is 23.2 Å². The van der Waals surface area contributed by atoms with E-state index in [4.69, 9.17) is 23.2 Å². The molecule has 0 radical (unpaired) electrons. The fourth-order valence-corrected chi connectivity index (χ4v) is 2.43. The third kappa shape index (κ3) is 2.31. The van der Waals surface area contributed by atoms with Crippen molar-refractivity contribution in [1.82, 2.24) is 4.98 Å². The Kier molecular flexibility index (Phi) is 3.51. The van der Waals surface area contributed by atoms with Crippen LogP contribution in [0.4, 0.5) is 0 Å². The van der Waals surface area contributed by atoms with E-state index in [0.29, 0.717) is 21.3 Å². The van der Waals surface area contributed by atoms with Crippen LogP contribution in [0.2, 0.25) is 10.0 Å². The number of rotatable bonds is 2. The average Bonchev–Trinajstić information content (AvgIpc) is 2.55. The Morgan fingerprint density at radius 2 is 1.56 bits per heavy atom. The third-order valence-electron chi connectivity index (χ3n) is 3.16. The Bertz CT molecular complexity index is 609. The van der Waals surface area contributed by atoms with Crippen LogP contribution in [0.5, 0.6) is 0 Å². The second kappa shape index (κ2) is 4.79. The summed E-state index contributed by atoms with van der Waals surface area (Å²) in [6.45, 7) is 5.87. The molecule has 1 N–H and O–H groups in total. The zero-order valence-corrected chi connectivity index (χ0v) is 11.9. The van der Waals surface area contributed by atoms with Crippen LogP contribution in [0, 0.1) is 20.8 Å². The predicted molar refractivity (Wildman–Crippen MR) is 74.9 cm³/mol. The molecule has 0 saturated heterocycles. The van der Waals surface area contributed by atoms with E-state index < -0.39 is 0 Å².